The molecule has 100 valence electrons. The molecule has 2 nitrogen and oxygen atoms in total. The second-order valence-electron chi connectivity index (χ2n) is 6.78. The van der Waals surface area contributed by atoms with Gasteiger partial charge in [-0.25, -0.2) is 0 Å². The maximum Gasteiger partial charge on any atom is 0.0367 e. The predicted octanol–water partition coefficient (Wildman–Crippen LogP) is 3.17. The van der Waals surface area contributed by atoms with Crippen molar-refractivity contribution in [3.05, 3.63) is 29.8 Å². The molecule has 0 spiro atoms. The molecule has 0 amide bonds. The molecule has 1 aliphatic heterocycles. The molecule has 0 aromatic heterocycles. The molecule has 1 aromatic carbocycles. The molecule has 2 rings (SSSR count). The summed E-state index contributed by atoms with van der Waals surface area (Å²) in [5.41, 5.74) is 3.26. The van der Waals surface area contributed by atoms with E-state index in [4.69, 9.17) is 0 Å². The first-order chi connectivity index (χ1) is 8.34. The smallest absolute Gasteiger partial charge is 0.0367 e. The van der Waals surface area contributed by atoms with Crippen molar-refractivity contribution in [2.24, 2.45) is 0 Å². The van der Waals surface area contributed by atoms with Crippen LogP contribution in [0.2, 0.25) is 0 Å². The van der Waals surface area contributed by atoms with Crippen LogP contribution < -0.4 is 10.2 Å². The number of nitrogens with zero attached hydrogens (tertiary/aromatic N) is 1. The van der Waals surface area contributed by atoms with Crippen molar-refractivity contribution in [2.75, 3.05) is 25.0 Å². The molecule has 18 heavy (non-hydrogen) atoms. The highest BCUT2D eigenvalue weighted by Crippen LogP contribution is 2.29. The zero-order chi connectivity index (χ0) is 13.4. The van der Waals surface area contributed by atoms with Crippen LogP contribution in [0, 0.1) is 0 Å². The van der Waals surface area contributed by atoms with Crippen LogP contribution in [0.5, 0.6) is 0 Å². The van der Waals surface area contributed by atoms with Crippen LogP contribution in [0.3, 0.4) is 0 Å². The predicted molar refractivity (Wildman–Crippen MR) is 79.4 cm³/mol. The van der Waals surface area contributed by atoms with Crippen molar-refractivity contribution < 1.29 is 0 Å². The Hall–Kier alpha value is -1.02. The summed E-state index contributed by atoms with van der Waals surface area (Å²) in [4.78, 5) is 2.48. The number of hydrogen-bond acceptors (Lipinski definition) is 2. The number of nitrogens with one attached hydrogen (secondary N) is 1. The fourth-order valence-electron chi connectivity index (χ4n) is 2.56. The second-order valence-corrected chi connectivity index (χ2v) is 6.78. The summed E-state index contributed by atoms with van der Waals surface area (Å²) < 4.78 is 0. The largest absolute Gasteiger partial charge is 0.370 e. The van der Waals surface area contributed by atoms with Gasteiger partial charge in [-0.05, 0) is 43.5 Å². The van der Waals surface area contributed by atoms with Gasteiger partial charge in [-0.15, -0.1) is 0 Å². The third-order valence-electron chi connectivity index (χ3n) is 4.18. The van der Waals surface area contributed by atoms with Gasteiger partial charge in [-0.1, -0.05) is 32.9 Å². The van der Waals surface area contributed by atoms with E-state index >= 15 is 0 Å². The Bertz CT molecular complexity index is 402. The van der Waals surface area contributed by atoms with E-state index in [0.717, 1.165) is 13.1 Å². The van der Waals surface area contributed by atoms with E-state index in [-0.39, 0.29) is 11.0 Å². The molecule has 1 N–H and O–H groups in total. The van der Waals surface area contributed by atoms with Gasteiger partial charge in [0.2, 0.25) is 0 Å². The molecule has 1 fully saturated rings. The topological polar surface area (TPSA) is 15.3 Å². The van der Waals surface area contributed by atoms with E-state index in [1.807, 2.05) is 0 Å². The van der Waals surface area contributed by atoms with Gasteiger partial charge in [-0.3, -0.25) is 0 Å². The standard InChI is InChI=1S/C16H26N2/c1-15(2,3)13-6-8-14(9-7-13)18-11-10-16(4,12-18)17-5/h6-9,17H,10-12H2,1-5H3. The molecular weight excluding hydrogens is 220 g/mol. The van der Waals surface area contributed by atoms with Gasteiger partial charge in [0.15, 0.2) is 0 Å². The molecule has 1 aromatic rings. The first-order valence-electron chi connectivity index (χ1n) is 6.88. The zero-order valence-electron chi connectivity index (χ0n) is 12.4. The first kappa shape index (κ1) is 13.4. The van der Waals surface area contributed by atoms with Gasteiger partial charge >= 0.3 is 0 Å². The minimum atomic E-state index is 0.239. The molecule has 1 saturated heterocycles. The monoisotopic (exact) mass is 246 g/mol. The van der Waals surface area contributed by atoms with Crippen molar-refractivity contribution in [2.45, 2.75) is 45.1 Å². The molecule has 2 heteroatoms. The van der Waals surface area contributed by atoms with Crippen LogP contribution in [0.4, 0.5) is 5.69 Å². The summed E-state index contributed by atoms with van der Waals surface area (Å²) in [5, 5.41) is 3.43. The average molecular weight is 246 g/mol. The Morgan fingerprint density at radius 3 is 2.22 bits per heavy atom. The Kier molecular flexibility index (Phi) is 3.41. The quantitative estimate of drug-likeness (QED) is 0.862. The molecule has 0 radical (unpaired) electrons. The van der Waals surface area contributed by atoms with E-state index in [9.17, 15) is 0 Å². The molecule has 0 aliphatic carbocycles. The van der Waals surface area contributed by atoms with Gasteiger partial charge in [0.05, 0.1) is 0 Å². The zero-order valence-corrected chi connectivity index (χ0v) is 12.4. The Labute approximate surface area is 111 Å². The lowest BCUT2D eigenvalue weighted by Crippen LogP contribution is -2.42. The highest BCUT2D eigenvalue weighted by atomic mass is 15.2. The van der Waals surface area contributed by atoms with Gasteiger partial charge < -0.3 is 10.2 Å². The fourth-order valence-corrected chi connectivity index (χ4v) is 2.56. The minimum Gasteiger partial charge on any atom is -0.370 e. The Balaban J connectivity index is 2.12. The number of likely N-dealkylation sites (N-methyl/N-ethyl adjacent to an activating group) is 1. The van der Waals surface area contributed by atoms with E-state index < -0.39 is 0 Å². The van der Waals surface area contributed by atoms with Crippen LogP contribution in [-0.4, -0.2) is 25.7 Å². The van der Waals surface area contributed by atoms with Crippen molar-refractivity contribution in [1.82, 2.24) is 5.32 Å². The van der Waals surface area contributed by atoms with Gasteiger partial charge in [0.25, 0.3) is 0 Å². The molecule has 0 saturated carbocycles. The number of hydrogen-bond donors (Lipinski definition) is 1. The third-order valence-corrected chi connectivity index (χ3v) is 4.18. The minimum absolute atomic E-state index is 0.239. The molecular formula is C16H26N2. The van der Waals surface area contributed by atoms with Crippen molar-refractivity contribution in [1.29, 1.82) is 0 Å². The Morgan fingerprint density at radius 1 is 1.17 bits per heavy atom. The number of rotatable bonds is 2. The molecule has 1 heterocycles. The summed E-state index contributed by atoms with van der Waals surface area (Å²) in [6.07, 6.45) is 1.21. The Morgan fingerprint density at radius 2 is 1.78 bits per heavy atom. The van der Waals surface area contributed by atoms with E-state index in [1.165, 1.54) is 17.7 Å². The van der Waals surface area contributed by atoms with Crippen LogP contribution in [0.15, 0.2) is 24.3 Å². The highest BCUT2D eigenvalue weighted by molar-refractivity contribution is 5.50. The molecule has 1 aliphatic rings. The summed E-state index contributed by atoms with van der Waals surface area (Å²) in [7, 11) is 2.06. The fraction of sp³-hybridized carbons (Fsp3) is 0.625. The van der Waals surface area contributed by atoms with Crippen LogP contribution >= 0.6 is 0 Å². The van der Waals surface area contributed by atoms with Crippen molar-refractivity contribution in [3.8, 4) is 0 Å². The van der Waals surface area contributed by atoms with Crippen LogP contribution in [-0.2, 0) is 5.41 Å². The average Bonchev–Trinajstić information content (AvgIpc) is 2.72. The van der Waals surface area contributed by atoms with Crippen LogP contribution in [0.25, 0.3) is 0 Å². The summed E-state index contributed by atoms with van der Waals surface area (Å²) >= 11 is 0. The molecule has 1 unspecified atom stereocenters. The van der Waals surface area contributed by atoms with Gasteiger partial charge in [-0.2, -0.15) is 0 Å². The lowest BCUT2D eigenvalue weighted by molar-refractivity contribution is 0.428. The van der Waals surface area contributed by atoms with Crippen molar-refractivity contribution >= 4 is 5.69 Å². The highest BCUT2D eigenvalue weighted by Gasteiger charge is 2.32. The number of anilines is 1. The lowest BCUT2D eigenvalue weighted by Gasteiger charge is -2.26. The molecule has 1 atom stereocenters. The summed E-state index contributed by atoms with van der Waals surface area (Å²) in [6, 6.07) is 9.07. The third kappa shape index (κ3) is 2.69. The van der Waals surface area contributed by atoms with Gasteiger partial charge in [0.1, 0.15) is 0 Å². The second kappa shape index (κ2) is 4.58. The summed E-state index contributed by atoms with van der Waals surface area (Å²) in [5.74, 6) is 0. The normalized spacial score (nSPS) is 24.6. The van der Waals surface area contributed by atoms with Crippen LogP contribution in [0.1, 0.15) is 39.7 Å². The van der Waals surface area contributed by atoms with E-state index in [2.05, 4.69) is 69.2 Å². The van der Waals surface area contributed by atoms with E-state index in [1.54, 1.807) is 0 Å². The van der Waals surface area contributed by atoms with E-state index in [0.29, 0.717) is 0 Å². The number of benzene rings is 1. The first-order valence-corrected chi connectivity index (χ1v) is 6.88. The maximum atomic E-state index is 3.43. The molecule has 0 bridgehead atoms. The van der Waals surface area contributed by atoms with Crippen molar-refractivity contribution in [3.63, 3.8) is 0 Å². The van der Waals surface area contributed by atoms with Gasteiger partial charge in [0, 0.05) is 24.3 Å². The maximum absolute atomic E-state index is 3.43. The summed E-state index contributed by atoms with van der Waals surface area (Å²) in [6.45, 7) is 11.3. The SMILES string of the molecule is CNC1(C)CCN(c2ccc(C(C)(C)C)cc2)C1. The lowest BCUT2D eigenvalue weighted by atomic mass is 9.87.